The predicted molar refractivity (Wildman–Crippen MR) is 122 cm³/mol. The van der Waals surface area contributed by atoms with Crippen molar-refractivity contribution in [2.45, 2.75) is 12.8 Å². The molecule has 1 N–H and O–H groups in total. The van der Waals surface area contributed by atoms with Crippen molar-refractivity contribution in [1.82, 2.24) is 19.5 Å². The molecule has 1 unspecified atom stereocenters. The van der Waals surface area contributed by atoms with E-state index in [0.717, 1.165) is 47.5 Å². The van der Waals surface area contributed by atoms with Gasteiger partial charge < -0.3 is 14.8 Å². The van der Waals surface area contributed by atoms with Crippen LogP contribution in [0.2, 0.25) is 0 Å². The molecule has 0 spiro atoms. The first kappa shape index (κ1) is 19.2. The number of carbonyl (C=O) groups is 1. The van der Waals surface area contributed by atoms with E-state index in [-0.39, 0.29) is 11.8 Å². The Balaban J connectivity index is 1.28. The molecule has 5 rings (SSSR count). The lowest BCUT2D eigenvalue weighted by atomic mass is 9.97. The van der Waals surface area contributed by atoms with Crippen molar-refractivity contribution >= 4 is 28.6 Å². The van der Waals surface area contributed by atoms with Crippen LogP contribution in [0.4, 0.5) is 11.6 Å². The summed E-state index contributed by atoms with van der Waals surface area (Å²) in [6.07, 6.45) is 5.28. The minimum atomic E-state index is -0.0860. The lowest BCUT2D eigenvalue weighted by molar-refractivity contribution is -0.120. The Bertz CT molecular complexity index is 1200. The van der Waals surface area contributed by atoms with Crippen molar-refractivity contribution in [2.24, 2.45) is 13.0 Å². The zero-order valence-corrected chi connectivity index (χ0v) is 17.4. The third kappa shape index (κ3) is 3.86. The second-order valence-corrected chi connectivity index (χ2v) is 7.88. The Hall–Kier alpha value is -3.74. The topological polar surface area (TPSA) is 75.9 Å². The van der Waals surface area contributed by atoms with Crippen molar-refractivity contribution in [2.75, 3.05) is 23.3 Å². The van der Waals surface area contributed by atoms with Crippen molar-refractivity contribution in [1.29, 1.82) is 0 Å². The summed E-state index contributed by atoms with van der Waals surface area (Å²) in [6.45, 7) is 1.51. The number of anilines is 2. The van der Waals surface area contributed by atoms with Gasteiger partial charge in [0, 0.05) is 43.8 Å². The summed E-state index contributed by atoms with van der Waals surface area (Å²) in [4.78, 5) is 28.3. The monoisotopic (exact) mass is 412 g/mol. The third-order valence-electron chi connectivity index (χ3n) is 5.82. The zero-order chi connectivity index (χ0) is 21.2. The number of para-hydroxylation sites is 2. The van der Waals surface area contributed by atoms with Crippen LogP contribution in [0.3, 0.4) is 0 Å². The van der Waals surface area contributed by atoms with Gasteiger partial charge in [0.1, 0.15) is 5.82 Å². The number of rotatable bonds is 4. The minimum absolute atomic E-state index is 0.0381. The second kappa shape index (κ2) is 8.18. The molecule has 7 heteroatoms. The molecule has 31 heavy (non-hydrogen) atoms. The number of benzene rings is 2. The number of fused-ring (bicyclic) bond motifs is 1. The van der Waals surface area contributed by atoms with Gasteiger partial charge in [-0.2, -0.15) is 0 Å². The minimum Gasteiger partial charge on any atom is -0.340 e. The van der Waals surface area contributed by atoms with E-state index in [2.05, 4.69) is 30.8 Å². The van der Waals surface area contributed by atoms with Crippen LogP contribution in [0.5, 0.6) is 0 Å². The number of piperidine rings is 1. The number of nitrogens with zero attached hydrogens (tertiary/aromatic N) is 5. The Morgan fingerprint density at radius 2 is 1.81 bits per heavy atom. The summed E-state index contributed by atoms with van der Waals surface area (Å²) in [6, 6.07) is 17.8. The van der Waals surface area contributed by atoms with Crippen LogP contribution in [0.25, 0.3) is 22.4 Å². The molecule has 1 saturated heterocycles. The van der Waals surface area contributed by atoms with Gasteiger partial charge in [-0.3, -0.25) is 4.79 Å². The number of nitrogens with one attached hydrogen (secondary N) is 1. The molecule has 1 atom stereocenters. The second-order valence-electron chi connectivity index (χ2n) is 7.88. The lowest BCUT2D eigenvalue weighted by Gasteiger charge is -2.31. The molecular formula is C24H24N6O. The molecule has 0 saturated carbocycles. The molecule has 1 fully saturated rings. The fourth-order valence-electron chi connectivity index (χ4n) is 4.18. The summed E-state index contributed by atoms with van der Waals surface area (Å²) in [7, 11) is 2.02. The van der Waals surface area contributed by atoms with E-state index in [1.54, 1.807) is 18.5 Å². The molecule has 2 aromatic carbocycles. The maximum Gasteiger partial charge on any atom is 0.229 e. The Morgan fingerprint density at radius 1 is 1.03 bits per heavy atom. The lowest BCUT2D eigenvalue weighted by Crippen LogP contribution is -2.41. The van der Waals surface area contributed by atoms with Gasteiger partial charge in [0.05, 0.1) is 17.0 Å². The third-order valence-corrected chi connectivity index (χ3v) is 5.82. The van der Waals surface area contributed by atoms with Crippen LogP contribution >= 0.6 is 0 Å². The molecule has 0 radical (unpaired) electrons. The van der Waals surface area contributed by atoms with E-state index in [1.807, 2.05) is 49.5 Å². The summed E-state index contributed by atoms with van der Waals surface area (Å²) in [5.41, 5.74) is 3.88. The Labute approximate surface area is 180 Å². The number of aromatic nitrogens is 4. The highest BCUT2D eigenvalue weighted by Gasteiger charge is 2.27. The normalized spacial score (nSPS) is 16.4. The highest BCUT2D eigenvalue weighted by Crippen LogP contribution is 2.26. The Morgan fingerprint density at radius 3 is 2.58 bits per heavy atom. The highest BCUT2D eigenvalue weighted by molar-refractivity contribution is 5.93. The van der Waals surface area contributed by atoms with E-state index >= 15 is 0 Å². The molecule has 1 amide bonds. The first-order valence-electron chi connectivity index (χ1n) is 10.5. The number of hydrogen-bond donors (Lipinski definition) is 1. The smallest absolute Gasteiger partial charge is 0.229 e. The van der Waals surface area contributed by atoms with E-state index in [4.69, 9.17) is 4.98 Å². The summed E-state index contributed by atoms with van der Waals surface area (Å²) in [5.74, 6) is 1.55. The van der Waals surface area contributed by atoms with Crippen molar-refractivity contribution in [3.8, 4) is 11.4 Å². The number of aryl methyl sites for hydroxylation is 1. The predicted octanol–water partition coefficient (Wildman–Crippen LogP) is 3.89. The van der Waals surface area contributed by atoms with E-state index in [0.29, 0.717) is 12.5 Å². The number of amides is 1. The molecule has 156 valence electrons. The average molecular weight is 412 g/mol. The van der Waals surface area contributed by atoms with Crippen LogP contribution in [0.15, 0.2) is 67.0 Å². The van der Waals surface area contributed by atoms with E-state index < -0.39 is 0 Å². The fourth-order valence-corrected chi connectivity index (χ4v) is 4.18. The zero-order valence-electron chi connectivity index (χ0n) is 17.4. The van der Waals surface area contributed by atoms with Crippen molar-refractivity contribution < 1.29 is 4.79 Å². The molecule has 1 aliphatic rings. The number of imidazole rings is 1. The average Bonchev–Trinajstić information content (AvgIpc) is 3.17. The highest BCUT2D eigenvalue weighted by atomic mass is 16.1. The van der Waals surface area contributed by atoms with E-state index in [1.165, 1.54) is 0 Å². The summed E-state index contributed by atoms with van der Waals surface area (Å²) >= 11 is 0. The maximum atomic E-state index is 12.9. The van der Waals surface area contributed by atoms with Crippen LogP contribution in [0.1, 0.15) is 12.8 Å². The molecule has 3 heterocycles. The number of carbonyl (C=O) groups excluding carboxylic acids is 1. The van der Waals surface area contributed by atoms with E-state index in [9.17, 15) is 4.79 Å². The quantitative estimate of drug-likeness (QED) is 0.550. The van der Waals surface area contributed by atoms with Crippen molar-refractivity contribution in [3.63, 3.8) is 0 Å². The van der Waals surface area contributed by atoms with Gasteiger partial charge in [-0.15, -0.1) is 0 Å². The first-order chi connectivity index (χ1) is 15.2. The Kier molecular flexibility index (Phi) is 5.08. The molecular weight excluding hydrogens is 388 g/mol. The fraction of sp³-hybridized carbons (Fsp3) is 0.250. The summed E-state index contributed by atoms with van der Waals surface area (Å²) in [5, 5.41) is 3.07. The maximum absolute atomic E-state index is 12.9. The molecule has 0 bridgehead atoms. The largest absolute Gasteiger partial charge is 0.340 e. The van der Waals surface area contributed by atoms with Gasteiger partial charge in [0.2, 0.25) is 11.9 Å². The van der Waals surface area contributed by atoms with Crippen LogP contribution in [-0.4, -0.2) is 38.5 Å². The van der Waals surface area contributed by atoms with Gasteiger partial charge in [-0.25, -0.2) is 15.0 Å². The van der Waals surface area contributed by atoms with Gasteiger partial charge in [-0.1, -0.05) is 12.1 Å². The first-order valence-corrected chi connectivity index (χ1v) is 10.5. The van der Waals surface area contributed by atoms with Gasteiger partial charge >= 0.3 is 0 Å². The molecule has 2 aromatic heterocycles. The molecule has 1 aliphatic heterocycles. The van der Waals surface area contributed by atoms with Crippen molar-refractivity contribution in [3.05, 3.63) is 67.0 Å². The molecule has 4 aromatic rings. The van der Waals surface area contributed by atoms with Crippen LogP contribution < -0.4 is 10.2 Å². The molecule has 7 nitrogen and oxygen atoms in total. The number of hydrogen-bond acceptors (Lipinski definition) is 5. The van der Waals surface area contributed by atoms with Gasteiger partial charge in [-0.05, 0) is 55.3 Å². The van der Waals surface area contributed by atoms with Gasteiger partial charge in [0.25, 0.3) is 0 Å². The summed E-state index contributed by atoms with van der Waals surface area (Å²) < 4.78 is 2.09. The van der Waals surface area contributed by atoms with Gasteiger partial charge in [0.15, 0.2) is 0 Å². The molecule has 0 aliphatic carbocycles. The van der Waals surface area contributed by atoms with Crippen LogP contribution in [0, 0.1) is 5.92 Å². The SMILES string of the molecule is Cn1c(-c2ccc(NC(=O)C3CCCN(c4ncccn4)C3)cc2)nc2ccccc21. The standard InChI is InChI=1S/C24H24N6O/c1-29-21-8-3-2-7-20(21)28-22(29)17-9-11-19(12-10-17)27-23(31)18-6-4-15-30(16-18)24-25-13-5-14-26-24/h2-3,5,7-14,18H,4,6,15-16H2,1H3,(H,27,31). The van der Waals surface area contributed by atoms with Crippen LogP contribution in [-0.2, 0) is 11.8 Å².